The summed E-state index contributed by atoms with van der Waals surface area (Å²) >= 11 is 0. The molecule has 0 fully saturated rings. The molecule has 1 aromatic rings. The van der Waals surface area contributed by atoms with Gasteiger partial charge in [0.25, 0.3) is 0 Å². The Bertz CT molecular complexity index is 621. The largest absolute Gasteiger partial charge is 0.495 e. The Hall–Kier alpha value is -2.30. The average Bonchev–Trinajstić information content (AvgIpc) is 2.97. The lowest BCUT2D eigenvalue weighted by Crippen LogP contribution is -2.40. The van der Waals surface area contributed by atoms with Crippen LogP contribution in [0.1, 0.15) is 31.9 Å². The van der Waals surface area contributed by atoms with Gasteiger partial charge in [-0.15, -0.1) is 0 Å². The van der Waals surface area contributed by atoms with E-state index in [1.807, 2.05) is 18.4 Å². The Morgan fingerprint density at radius 1 is 1.36 bits per heavy atom. The Labute approximate surface area is 131 Å². The molecular formula is C17H22N4O. The topological polar surface area (TPSA) is 41.0 Å². The van der Waals surface area contributed by atoms with Crippen molar-refractivity contribution in [1.29, 1.82) is 0 Å². The first kappa shape index (κ1) is 14.6. The third-order valence-corrected chi connectivity index (χ3v) is 3.92. The van der Waals surface area contributed by atoms with Crippen LogP contribution >= 0.6 is 0 Å². The zero-order chi connectivity index (χ0) is 15.5. The summed E-state index contributed by atoms with van der Waals surface area (Å²) in [4.78, 5) is 8.70. The quantitative estimate of drug-likeness (QED) is 0.837. The van der Waals surface area contributed by atoms with Crippen LogP contribution in [0.3, 0.4) is 0 Å². The monoisotopic (exact) mass is 298 g/mol. The van der Waals surface area contributed by atoms with Gasteiger partial charge in [-0.1, -0.05) is 13.8 Å². The molecule has 5 nitrogen and oxygen atoms in total. The van der Waals surface area contributed by atoms with Crippen molar-refractivity contribution in [2.75, 3.05) is 13.7 Å². The van der Waals surface area contributed by atoms with Crippen LogP contribution in [0.5, 0.6) is 5.75 Å². The van der Waals surface area contributed by atoms with E-state index in [-0.39, 0.29) is 6.04 Å². The molecule has 0 amide bonds. The van der Waals surface area contributed by atoms with E-state index in [9.17, 15) is 0 Å². The van der Waals surface area contributed by atoms with Gasteiger partial charge < -0.3 is 4.74 Å². The first-order valence-corrected chi connectivity index (χ1v) is 7.67. The smallest absolute Gasteiger partial charge is 0.147 e. The van der Waals surface area contributed by atoms with Gasteiger partial charge >= 0.3 is 0 Å². The van der Waals surface area contributed by atoms with Crippen molar-refractivity contribution in [3.63, 3.8) is 0 Å². The average molecular weight is 298 g/mol. The molecule has 2 aliphatic rings. The summed E-state index contributed by atoms with van der Waals surface area (Å²) in [5.74, 6) is 2.42. The predicted molar refractivity (Wildman–Crippen MR) is 87.2 cm³/mol. The Kier molecular flexibility index (Phi) is 4.13. The van der Waals surface area contributed by atoms with Gasteiger partial charge in [-0.3, -0.25) is 15.0 Å². The number of hydrogen-bond donors (Lipinski definition) is 0. The Morgan fingerprint density at radius 3 is 3.00 bits per heavy atom. The number of pyridine rings is 1. The first-order chi connectivity index (χ1) is 10.7. The summed E-state index contributed by atoms with van der Waals surface area (Å²) in [6.45, 7) is 5.46. The van der Waals surface area contributed by atoms with Gasteiger partial charge in [-0.2, -0.15) is 0 Å². The van der Waals surface area contributed by atoms with Gasteiger partial charge in [-0.25, -0.2) is 4.99 Å². The van der Waals surface area contributed by atoms with E-state index in [0.717, 1.165) is 30.1 Å². The standard InChI is InChI=1S/C17H22N4O/c1-13(2)7-10-20-9-4-5-17-19-11-15(21(17)20)14-6-8-18-12-16(14)22-3/h4-6,8-9,11-13,15H,7,10H2,1-3H3. The molecule has 5 heteroatoms. The van der Waals surface area contributed by atoms with Gasteiger partial charge in [-0.05, 0) is 30.6 Å². The molecule has 116 valence electrons. The number of fused-ring (bicyclic) bond motifs is 1. The second-order valence-corrected chi connectivity index (χ2v) is 5.90. The molecular weight excluding hydrogens is 276 g/mol. The molecule has 0 bridgehead atoms. The lowest BCUT2D eigenvalue weighted by molar-refractivity contribution is 0.0400. The number of hydrazine groups is 1. The number of aromatic nitrogens is 1. The van der Waals surface area contributed by atoms with Crippen LogP contribution in [0.4, 0.5) is 0 Å². The molecule has 0 saturated heterocycles. The maximum atomic E-state index is 5.46. The first-order valence-electron chi connectivity index (χ1n) is 7.67. The normalized spacial score (nSPS) is 19.6. The number of methoxy groups -OCH3 is 1. The van der Waals surface area contributed by atoms with Crippen molar-refractivity contribution in [3.8, 4) is 5.75 Å². The summed E-state index contributed by atoms with van der Waals surface area (Å²) in [5, 5.41) is 4.47. The van der Waals surface area contributed by atoms with Crippen LogP contribution in [0, 0.1) is 5.92 Å². The Morgan fingerprint density at radius 2 is 2.23 bits per heavy atom. The fourth-order valence-electron chi connectivity index (χ4n) is 2.71. The summed E-state index contributed by atoms with van der Waals surface area (Å²) in [6.07, 6.45) is 12.9. The molecule has 1 unspecified atom stereocenters. The minimum atomic E-state index is 0.0429. The van der Waals surface area contributed by atoms with Crippen molar-refractivity contribution in [3.05, 3.63) is 48.2 Å². The molecule has 0 spiro atoms. The van der Waals surface area contributed by atoms with E-state index in [1.54, 1.807) is 19.5 Å². The number of aliphatic imine (C=N–C) groups is 1. The molecule has 0 saturated carbocycles. The zero-order valence-electron chi connectivity index (χ0n) is 13.3. The van der Waals surface area contributed by atoms with Crippen molar-refractivity contribution < 1.29 is 4.74 Å². The van der Waals surface area contributed by atoms with Crippen molar-refractivity contribution in [1.82, 2.24) is 15.0 Å². The van der Waals surface area contributed by atoms with Crippen molar-refractivity contribution in [2.45, 2.75) is 26.3 Å². The maximum Gasteiger partial charge on any atom is 0.147 e. The van der Waals surface area contributed by atoms with E-state index in [1.165, 1.54) is 0 Å². The van der Waals surface area contributed by atoms with E-state index in [2.05, 4.69) is 46.1 Å². The molecule has 0 aromatic carbocycles. The highest BCUT2D eigenvalue weighted by Gasteiger charge is 2.32. The van der Waals surface area contributed by atoms with Gasteiger partial charge in [0.15, 0.2) is 0 Å². The molecule has 0 N–H and O–H groups in total. The van der Waals surface area contributed by atoms with Crippen LogP contribution in [-0.4, -0.2) is 34.9 Å². The number of rotatable bonds is 5. The third kappa shape index (κ3) is 2.71. The molecule has 2 aliphatic heterocycles. The second kappa shape index (κ2) is 6.22. The fraction of sp³-hybridized carbons (Fsp3) is 0.412. The van der Waals surface area contributed by atoms with E-state index in [0.29, 0.717) is 5.92 Å². The molecule has 1 atom stereocenters. The maximum absolute atomic E-state index is 5.46. The van der Waals surface area contributed by atoms with Gasteiger partial charge in [0.1, 0.15) is 17.6 Å². The lowest BCUT2D eigenvalue weighted by Gasteiger charge is -2.39. The number of allylic oxidation sites excluding steroid dienone is 2. The van der Waals surface area contributed by atoms with E-state index >= 15 is 0 Å². The minimum absolute atomic E-state index is 0.0429. The molecule has 0 radical (unpaired) electrons. The molecule has 0 aliphatic carbocycles. The summed E-state index contributed by atoms with van der Waals surface area (Å²) < 4.78 is 5.46. The summed E-state index contributed by atoms with van der Waals surface area (Å²) in [7, 11) is 1.68. The predicted octanol–water partition coefficient (Wildman–Crippen LogP) is 3.15. The van der Waals surface area contributed by atoms with Crippen molar-refractivity contribution in [2.24, 2.45) is 10.9 Å². The van der Waals surface area contributed by atoms with Gasteiger partial charge in [0.05, 0.1) is 13.3 Å². The van der Waals surface area contributed by atoms with E-state index < -0.39 is 0 Å². The zero-order valence-corrected chi connectivity index (χ0v) is 13.3. The number of hydrogen-bond acceptors (Lipinski definition) is 5. The van der Waals surface area contributed by atoms with Crippen LogP contribution < -0.4 is 4.74 Å². The highest BCUT2D eigenvalue weighted by Crippen LogP contribution is 2.36. The third-order valence-electron chi connectivity index (χ3n) is 3.92. The molecule has 3 rings (SSSR count). The number of nitrogens with zero attached hydrogens (tertiary/aromatic N) is 4. The van der Waals surface area contributed by atoms with Gasteiger partial charge in [0, 0.05) is 30.7 Å². The second-order valence-electron chi connectivity index (χ2n) is 5.90. The van der Waals surface area contributed by atoms with Crippen molar-refractivity contribution >= 4 is 6.21 Å². The minimum Gasteiger partial charge on any atom is -0.495 e. The fourth-order valence-corrected chi connectivity index (χ4v) is 2.71. The molecule has 1 aromatic heterocycles. The SMILES string of the molecule is COc1cnccc1C1C=NC2=CC=CN(CCC(C)C)N21. The highest BCUT2D eigenvalue weighted by molar-refractivity contribution is 5.73. The lowest BCUT2D eigenvalue weighted by atomic mass is 10.1. The Balaban J connectivity index is 1.88. The van der Waals surface area contributed by atoms with Crippen LogP contribution in [0.2, 0.25) is 0 Å². The number of ether oxygens (including phenoxy) is 1. The van der Waals surface area contributed by atoms with E-state index in [4.69, 9.17) is 4.74 Å². The van der Waals surface area contributed by atoms with Crippen LogP contribution in [-0.2, 0) is 0 Å². The highest BCUT2D eigenvalue weighted by atomic mass is 16.5. The van der Waals surface area contributed by atoms with Gasteiger partial charge in [0.2, 0.25) is 0 Å². The molecule has 22 heavy (non-hydrogen) atoms. The molecule has 3 heterocycles. The van der Waals surface area contributed by atoms with Crippen LogP contribution in [0.15, 0.2) is 47.6 Å². The van der Waals surface area contributed by atoms with Crippen LogP contribution in [0.25, 0.3) is 0 Å². The summed E-state index contributed by atoms with van der Waals surface area (Å²) in [6, 6.07) is 2.04. The summed E-state index contributed by atoms with van der Waals surface area (Å²) in [5.41, 5.74) is 1.08.